The Kier molecular flexibility index (Phi) is 5.87. The SMILES string of the molecule is CC(C)(C)c1cc(NC(=O)c2ccc(Cl)c(S(=O)(=O)Nc3ccc(F)cc3)c2)no1. The summed E-state index contributed by atoms with van der Waals surface area (Å²) in [6.45, 7) is 5.80. The Morgan fingerprint density at radius 1 is 1.10 bits per heavy atom. The second-order valence-corrected chi connectivity index (χ2v) is 9.60. The molecule has 0 bridgehead atoms. The van der Waals surface area contributed by atoms with E-state index in [4.69, 9.17) is 16.1 Å². The molecule has 0 aliphatic rings. The molecule has 0 saturated heterocycles. The molecular weight excluding hydrogens is 433 g/mol. The van der Waals surface area contributed by atoms with Crippen LogP contribution in [-0.4, -0.2) is 19.5 Å². The van der Waals surface area contributed by atoms with Crippen LogP contribution in [0.1, 0.15) is 36.9 Å². The smallest absolute Gasteiger partial charge is 0.263 e. The largest absolute Gasteiger partial charge is 0.359 e. The Bertz CT molecular complexity index is 1190. The van der Waals surface area contributed by atoms with Gasteiger partial charge in [0.25, 0.3) is 15.9 Å². The molecule has 158 valence electrons. The van der Waals surface area contributed by atoms with E-state index in [1.54, 1.807) is 6.07 Å². The van der Waals surface area contributed by atoms with Crippen LogP contribution in [0, 0.1) is 5.82 Å². The Hall–Kier alpha value is -2.91. The molecule has 0 radical (unpaired) electrons. The van der Waals surface area contributed by atoms with E-state index < -0.39 is 21.7 Å². The molecule has 0 aliphatic heterocycles. The minimum atomic E-state index is -4.12. The number of nitrogens with zero attached hydrogens (tertiary/aromatic N) is 1. The number of hydrogen-bond acceptors (Lipinski definition) is 5. The third-order valence-electron chi connectivity index (χ3n) is 4.07. The monoisotopic (exact) mass is 451 g/mol. The number of hydrogen-bond donors (Lipinski definition) is 2. The van der Waals surface area contributed by atoms with Gasteiger partial charge in [0.15, 0.2) is 5.82 Å². The lowest BCUT2D eigenvalue weighted by molar-refractivity contribution is 0.102. The van der Waals surface area contributed by atoms with Crippen molar-refractivity contribution in [3.05, 3.63) is 70.7 Å². The zero-order chi connectivity index (χ0) is 22.1. The number of sulfonamides is 1. The normalized spacial score (nSPS) is 11.9. The lowest BCUT2D eigenvalue weighted by atomic mass is 9.93. The molecular formula is C20H19ClFN3O4S. The van der Waals surface area contributed by atoms with Gasteiger partial charge < -0.3 is 9.84 Å². The van der Waals surface area contributed by atoms with E-state index in [1.807, 2.05) is 20.8 Å². The van der Waals surface area contributed by atoms with Crippen molar-refractivity contribution in [1.82, 2.24) is 5.16 Å². The van der Waals surface area contributed by atoms with Gasteiger partial charge in [-0.2, -0.15) is 0 Å². The third kappa shape index (κ3) is 4.98. The van der Waals surface area contributed by atoms with E-state index in [0.29, 0.717) is 5.76 Å². The predicted octanol–water partition coefficient (Wildman–Crippen LogP) is 4.82. The molecule has 0 atom stereocenters. The summed E-state index contributed by atoms with van der Waals surface area (Å²) >= 11 is 6.05. The van der Waals surface area contributed by atoms with Gasteiger partial charge in [0.05, 0.1) is 5.02 Å². The van der Waals surface area contributed by atoms with E-state index in [0.717, 1.165) is 18.2 Å². The van der Waals surface area contributed by atoms with Crippen molar-refractivity contribution in [3.8, 4) is 0 Å². The van der Waals surface area contributed by atoms with Crippen LogP contribution in [0.15, 0.2) is 57.9 Å². The highest BCUT2D eigenvalue weighted by molar-refractivity contribution is 7.92. The van der Waals surface area contributed by atoms with Crippen LogP contribution in [-0.2, 0) is 15.4 Å². The highest BCUT2D eigenvalue weighted by atomic mass is 35.5. The van der Waals surface area contributed by atoms with Crippen molar-refractivity contribution < 1.29 is 22.1 Å². The average molecular weight is 452 g/mol. The molecule has 0 saturated carbocycles. The van der Waals surface area contributed by atoms with Crippen LogP contribution in [0.3, 0.4) is 0 Å². The second-order valence-electron chi connectivity index (χ2n) is 7.54. The summed E-state index contributed by atoms with van der Waals surface area (Å²) in [5.74, 6) is -0.301. The average Bonchev–Trinajstić information content (AvgIpc) is 3.12. The summed E-state index contributed by atoms with van der Waals surface area (Å²) in [5.41, 5.74) is -0.0809. The molecule has 2 aromatic carbocycles. The van der Waals surface area contributed by atoms with Crippen molar-refractivity contribution in [1.29, 1.82) is 0 Å². The van der Waals surface area contributed by atoms with Gasteiger partial charge in [-0.25, -0.2) is 12.8 Å². The van der Waals surface area contributed by atoms with E-state index in [-0.39, 0.29) is 32.4 Å². The topological polar surface area (TPSA) is 101 Å². The Labute approximate surface area is 178 Å². The molecule has 30 heavy (non-hydrogen) atoms. The fourth-order valence-electron chi connectivity index (χ4n) is 2.45. The summed E-state index contributed by atoms with van der Waals surface area (Å²) in [7, 11) is -4.12. The van der Waals surface area contributed by atoms with Gasteiger partial charge in [-0.15, -0.1) is 0 Å². The Balaban J connectivity index is 1.84. The maximum absolute atomic E-state index is 13.0. The summed E-state index contributed by atoms with van der Waals surface area (Å²) in [4.78, 5) is 12.3. The number of benzene rings is 2. The number of anilines is 2. The number of carbonyl (C=O) groups is 1. The quantitative estimate of drug-likeness (QED) is 0.579. The minimum Gasteiger partial charge on any atom is -0.359 e. The maximum Gasteiger partial charge on any atom is 0.263 e. The van der Waals surface area contributed by atoms with Crippen molar-refractivity contribution >= 4 is 39.0 Å². The fourth-order valence-corrected chi connectivity index (χ4v) is 4.04. The highest BCUT2D eigenvalue weighted by Crippen LogP contribution is 2.27. The zero-order valence-corrected chi connectivity index (χ0v) is 17.9. The second kappa shape index (κ2) is 8.08. The Morgan fingerprint density at radius 2 is 1.77 bits per heavy atom. The molecule has 0 aliphatic carbocycles. The highest BCUT2D eigenvalue weighted by Gasteiger charge is 2.23. The van der Waals surface area contributed by atoms with Gasteiger partial charge in [0.2, 0.25) is 0 Å². The minimum absolute atomic E-state index is 0.0548. The van der Waals surface area contributed by atoms with E-state index >= 15 is 0 Å². The predicted molar refractivity (Wildman–Crippen MR) is 112 cm³/mol. The number of carbonyl (C=O) groups excluding carboxylic acids is 1. The summed E-state index contributed by atoms with van der Waals surface area (Å²) in [6.07, 6.45) is 0. The number of nitrogens with one attached hydrogen (secondary N) is 2. The van der Waals surface area contributed by atoms with E-state index in [1.165, 1.54) is 24.3 Å². The molecule has 1 heterocycles. The molecule has 10 heteroatoms. The number of rotatable bonds is 5. The first-order valence-corrected chi connectivity index (χ1v) is 10.7. The summed E-state index contributed by atoms with van der Waals surface area (Å²) in [6, 6.07) is 10.2. The first-order chi connectivity index (χ1) is 14.0. The van der Waals surface area contributed by atoms with Gasteiger partial charge >= 0.3 is 0 Å². The molecule has 0 fully saturated rings. The number of halogens is 2. The van der Waals surface area contributed by atoms with Gasteiger partial charge in [-0.3, -0.25) is 9.52 Å². The molecule has 0 spiro atoms. The summed E-state index contributed by atoms with van der Waals surface area (Å²) < 4.78 is 46.0. The van der Waals surface area contributed by atoms with Crippen LogP contribution in [0.4, 0.5) is 15.9 Å². The van der Waals surface area contributed by atoms with Gasteiger partial charge in [0.1, 0.15) is 16.5 Å². The summed E-state index contributed by atoms with van der Waals surface area (Å²) in [5, 5.41) is 6.29. The molecule has 3 rings (SSSR count). The lowest BCUT2D eigenvalue weighted by Crippen LogP contribution is -2.16. The van der Waals surface area contributed by atoms with Gasteiger partial charge in [0, 0.05) is 22.7 Å². The van der Waals surface area contributed by atoms with Crippen LogP contribution in [0.5, 0.6) is 0 Å². The molecule has 7 nitrogen and oxygen atoms in total. The van der Waals surface area contributed by atoms with Crippen LogP contribution in [0.2, 0.25) is 5.02 Å². The van der Waals surface area contributed by atoms with E-state index in [2.05, 4.69) is 15.2 Å². The molecule has 1 amide bonds. The van der Waals surface area contributed by atoms with Gasteiger partial charge in [-0.1, -0.05) is 37.5 Å². The van der Waals surface area contributed by atoms with Crippen LogP contribution >= 0.6 is 11.6 Å². The van der Waals surface area contributed by atoms with Crippen molar-refractivity contribution in [3.63, 3.8) is 0 Å². The van der Waals surface area contributed by atoms with Crippen LogP contribution < -0.4 is 10.0 Å². The first kappa shape index (κ1) is 21.8. The lowest BCUT2D eigenvalue weighted by Gasteiger charge is -2.12. The van der Waals surface area contributed by atoms with Crippen molar-refractivity contribution in [2.75, 3.05) is 10.0 Å². The van der Waals surface area contributed by atoms with Gasteiger partial charge in [-0.05, 0) is 42.5 Å². The van der Waals surface area contributed by atoms with Crippen molar-refractivity contribution in [2.45, 2.75) is 31.1 Å². The molecule has 1 aromatic heterocycles. The molecule has 2 N–H and O–H groups in total. The van der Waals surface area contributed by atoms with Crippen molar-refractivity contribution in [2.24, 2.45) is 0 Å². The third-order valence-corrected chi connectivity index (χ3v) is 5.93. The molecule has 3 aromatic rings. The zero-order valence-electron chi connectivity index (χ0n) is 16.4. The van der Waals surface area contributed by atoms with E-state index in [9.17, 15) is 17.6 Å². The standard InChI is InChI=1S/C20H19ClFN3O4S/c1-20(2,3)17-11-18(24-29-17)23-19(26)12-4-9-15(21)16(10-12)30(27,28)25-14-7-5-13(22)6-8-14/h4-11,25H,1-3H3,(H,23,24,26). The fraction of sp³-hybridized carbons (Fsp3) is 0.200. The Morgan fingerprint density at radius 3 is 2.37 bits per heavy atom. The number of amides is 1. The first-order valence-electron chi connectivity index (χ1n) is 8.82. The molecule has 0 unspecified atom stereocenters. The number of aromatic nitrogens is 1. The maximum atomic E-state index is 13.0. The van der Waals surface area contributed by atoms with Crippen LogP contribution in [0.25, 0.3) is 0 Å².